The second-order valence-corrected chi connectivity index (χ2v) is 12.6. The van der Waals surface area contributed by atoms with E-state index in [-0.39, 0.29) is 0 Å². The molecule has 0 aliphatic heterocycles. The zero-order valence-electron chi connectivity index (χ0n) is 14.5. The lowest BCUT2D eigenvalue weighted by Gasteiger charge is -2.44. The lowest BCUT2D eigenvalue weighted by molar-refractivity contribution is -0.119. The number of carbonyl (C=O) groups excluding carboxylic acids is 1. The molecule has 0 aliphatic carbocycles. The molecule has 3 nitrogen and oxygen atoms in total. The summed E-state index contributed by atoms with van der Waals surface area (Å²) < 4.78 is 6.36. The van der Waals surface area contributed by atoms with Crippen LogP contribution in [0.25, 0.3) is 0 Å². The summed E-state index contributed by atoms with van der Waals surface area (Å²) in [6, 6.07) is 0. The monoisotopic (exact) mass is 302 g/mol. The molecule has 0 aromatic heterocycles. The number of hydrogen-bond donors (Lipinski definition) is 1. The highest BCUT2D eigenvalue weighted by Gasteiger charge is 2.47. The normalized spacial score (nSPS) is 16.2. The number of rotatable bonds is 9. The Morgan fingerprint density at radius 2 is 1.35 bits per heavy atom. The SMILES string of the molecule is CC(C)C[C@H](O)[C@@H](C=O)O[Si](C(C)C)(C(C)C)C(C)C. The summed E-state index contributed by atoms with van der Waals surface area (Å²) in [5.41, 5.74) is 1.24. The van der Waals surface area contributed by atoms with Crippen LogP contribution in [0.15, 0.2) is 0 Å². The largest absolute Gasteiger partial charge is 0.404 e. The average Bonchev–Trinajstić information content (AvgIpc) is 2.27. The van der Waals surface area contributed by atoms with Crippen LogP contribution in [0.1, 0.15) is 61.8 Å². The third-order valence-corrected chi connectivity index (χ3v) is 10.4. The van der Waals surface area contributed by atoms with Crippen LogP contribution in [0, 0.1) is 5.92 Å². The lowest BCUT2D eigenvalue weighted by Crippen LogP contribution is -2.53. The highest BCUT2D eigenvalue weighted by molar-refractivity contribution is 6.77. The third kappa shape index (κ3) is 4.67. The van der Waals surface area contributed by atoms with Crippen LogP contribution in [0.5, 0.6) is 0 Å². The Bertz CT molecular complexity index is 266. The summed E-state index contributed by atoms with van der Waals surface area (Å²) in [5.74, 6) is 0.351. The zero-order valence-corrected chi connectivity index (χ0v) is 15.5. The summed E-state index contributed by atoms with van der Waals surface area (Å²) in [4.78, 5) is 11.4. The van der Waals surface area contributed by atoms with Crippen LogP contribution >= 0.6 is 0 Å². The van der Waals surface area contributed by atoms with Crippen molar-refractivity contribution in [1.82, 2.24) is 0 Å². The van der Waals surface area contributed by atoms with E-state index in [2.05, 4.69) is 41.5 Å². The Morgan fingerprint density at radius 3 is 1.60 bits per heavy atom. The van der Waals surface area contributed by atoms with Gasteiger partial charge in [0.15, 0.2) is 0 Å². The van der Waals surface area contributed by atoms with Gasteiger partial charge in [-0.3, -0.25) is 0 Å². The Kier molecular flexibility index (Phi) is 8.22. The smallest absolute Gasteiger partial charge is 0.201 e. The number of carbonyl (C=O) groups is 1. The van der Waals surface area contributed by atoms with Crippen LogP contribution in [-0.2, 0) is 9.22 Å². The van der Waals surface area contributed by atoms with Crippen molar-refractivity contribution in [3.63, 3.8) is 0 Å². The van der Waals surface area contributed by atoms with E-state index in [1.165, 1.54) is 0 Å². The highest BCUT2D eigenvalue weighted by atomic mass is 28.4. The predicted octanol–water partition coefficient (Wildman–Crippen LogP) is 4.15. The van der Waals surface area contributed by atoms with E-state index >= 15 is 0 Å². The summed E-state index contributed by atoms with van der Waals surface area (Å²) >= 11 is 0. The Labute approximate surface area is 126 Å². The molecule has 0 aromatic rings. The number of hydrogen-bond acceptors (Lipinski definition) is 3. The molecule has 0 fully saturated rings. The van der Waals surface area contributed by atoms with Crippen molar-refractivity contribution in [1.29, 1.82) is 0 Å². The first kappa shape index (κ1) is 19.8. The maximum absolute atomic E-state index is 11.4. The van der Waals surface area contributed by atoms with Crippen LogP contribution in [0.4, 0.5) is 0 Å². The minimum atomic E-state index is -2.12. The van der Waals surface area contributed by atoms with E-state index in [0.29, 0.717) is 29.0 Å². The van der Waals surface area contributed by atoms with Crippen LogP contribution < -0.4 is 0 Å². The highest BCUT2D eigenvalue weighted by Crippen LogP contribution is 2.43. The molecule has 4 heteroatoms. The molecule has 0 bridgehead atoms. The van der Waals surface area contributed by atoms with Gasteiger partial charge in [0, 0.05) is 0 Å². The average molecular weight is 303 g/mol. The van der Waals surface area contributed by atoms with Gasteiger partial charge in [0.1, 0.15) is 12.4 Å². The molecule has 0 unspecified atom stereocenters. The molecule has 0 aromatic carbocycles. The fourth-order valence-electron chi connectivity index (χ4n) is 3.46. The number of aldehydes is 1. The summed E-state index contributed by atoms with van der Waals surface area (Å²) in [7, 11) is -2.12. The Balaban J connectivity index is 5.26. The molecule has 1 N–H and O–H groups in total. The van der Waals surface area contributed by atoms with Gasteiger partial charge in [0.05, 0.1) is 6.10 Å². The Morgan fingerprint density at radius 1 is 0.950 bits per heavy atom. The molecule has 0 radical (unpaired) electrons. The number of aliphatic hydroxyl groups is 1. The maximum Gasteiger partial charge on any atom is 0.201 e. The van der Waals surface area contributed by atoms with E-state index < -0.39 is 20.5 Å². The van der Waals surface area contributed by atoms with Gasteiger partial charge in [-0.1, -0.05) is 55.4 Å². The van der Waals surface area contributed by atoms with Gasteiger partial charge in [-0.15, -0.1) is 0 Å². The standard InChI is InChI=1S/C16H34O3Si/c1-11(2)9-15(18)16(10-17)19-20(12(3)4,13(5)6)14(7)8/h10-16,18H,9H2,1-8H3/t15-,16+/m0/s1. The maximum atomic E-state index is 11.4. The molecule has 120 valence electrons. The first-order chi connectivity index (χ1) is 9.09. The van der Waals surface area contributed by atoms with Gasteiger partial charge in [-0.2, -0.15) is 0 Å². The molecular weight excluding hydrogens is 268 g/mol. The second-order valence-electron chi connectivity index (χ2n) is 7.23. The third-order valence-electron chi connectivity index (χ3n) is 4.27. The molecule has 0 rings (SSSR count). The molecule has 0 saturated heterocycles. The van der Waals surface area contributed by atoms with Gasteiger partial charge in [-0.05, 0) is 29.0 Å². The molecule has 0 spiro atoms. The van der Waals surface area contributed by atoms with Gasteiger partial charge in [0.2, 0.25) is 8.32 Å². The summed E-state index contributed by atoms with van der Waals surface area (Å²) in [6.45, 7) is 17.2. The summed E-state index contributed by atoms with van der Waals surface area (Å²) in [5, 5.41) is 10.3. The Hall–Kier alpha value is -0.193. The van der Waals surface area contributed by atoms with Crippen molar-refractivity contribution in [2.24, 2.45) is 5.92 Å². The fraction of sp³-hybridized carbons (Fsp3) is 0.938. The van der Waals surface area contributed by atoms with Crippen molar-refractivity contribution in [2.75, 3.05) is 0 Å². The number of aliphatic hydroxyl groups excluding tert-OH is 1. The van der Waals surface area contributed by atoms with Crippen molar-refractivity contribution in [3.8, 4) is 0 Å². The minimum Gasteiger partial charge on any atom is -0.404 e. The van der Waals surface area contributed by atoms with Crippen LogP contribution in [-0.4, -0.2) is 31.9 Å². The fourth-order valence-corrected chi connectivity index (χ4v) is 8.96. The van der Waals surface area contributed by atoms with E-state index in [1.54, 1.807) is 0 Å². The van der Waals surface area contributed by atoms with Crippen LogP contribution in [0.2, 0.25) is 16.6 Å². The van der Waals surface area contributed by atoms with E-state index in [9.17, 15) is 9.90 Å². The first-order valence-electron chi connectivity index (χ1n) is 7.90. The van der Waals surface area contributed by atoms with Gasteiger partial charge in [-0.25, -0.2) is 0 Å². The summed E-state index contributed by atoms with van der Waals surface area (Å²) in [6.07, 6.45) is 0.0105. The molecule has 2 atom stereocenters. The molecular formula is C16H34O3Si. The predicted molar refractivity (Wildman–Crippen MR) is 87.4 cm³/mol. The molecule has 0 heterocycles. The van der Waals surface area contributed by atoms with Crippen molar-refractivity contribution in [2.45, 2.75) is 90.6 Å². The van der Waals surface area contributed by atoms with Crippen molar-refractivity contribution in [3.05, 3.63) is 0 Å². The van der Waals surface area contributed by atoms with E-state index in [4.69, 9.17) is 4.43 Å². The topological polar surface area (TPSA) is 46.5 Å². The molecule has 20 heavy (non-hydrogen) atoms. The molecule has 0 aliphatic rings. The van der Waals surface area contributed by atoms with Crippen LogP contribution in [0.3, 0.4) is 0 Å². The van der Waals surface area contributed by atoms with Gasteiger partial charge >= 0.3 is 0 Å². The van der Waals surface area contributed by atoms with Gasteiger partial charge < -0.3 is 14.3 Å². The quantitative estimate of drug-likeness (QED) is 0.514. The van der Waals surface area contributed by atoms with E-state index in [1.807, 2.05) is 13.8 Å². The van der Waals surface area contributed by atoms with Crippen molar-refractivity contribution < 1.29 is 14.3 Å². The lowest BCUT2D eigenvalue weighted by atomic mass is 10.0. The van der Waals surface area contributed by atoms with E-state index in [0.717, 1.165) is 6.29 Å². The van der Waals surface area contributed by atoms with Crippen molar-refractivity contribution >= 4 is 14.6 Å². The molecule has 0 amide bonds. The second kappa shape index (κ2) is 8.30. The zero-order chi connectivity index (χ0) is 16.1. The minimum absolute atomic E-state index is 0.351. The molecule has 0 saturated carbocycles. The van der Waals surface area contributed by atoms with Gasteiger partial charge in [0.25, 0.3) is 0 Å². The first-order valence-corrected chi connectivity index (χ1v) is 10.0.